The van der Waals surface area contributed by atoms with E-state index in [9.17, 15) is 0 Å². The van der Waals surface area contributed by atoms with Crippen LogP contribution in [0.3, 0.4) is 0 Å². The fraction of sp³-hybridized carbons (Fsp3) is 1.00. The maximum absolute atomic E-state index is 4.52. The molecular weight excluding hydrogens is 295 g/mol. The van der Waals surface area contributed by atoms with Crippen LogP contribution in [0.5, 0.6) is 0 Å². The Bertz CT molecular complexity index is 56.3. The third-order valence-corrected chi connectivity index (χ3v) is 2.08. The van der Waals surface area contributed by atoms with E-state index in [1.54, 1.807) is 0 Å². The van der Waals surface area contributed by atoms with Crippen LogP contribution in [0.2, 0.25) is 0 Å². The average molecular weight is 295 g/mol. The summed E-state index contributed by atoms with van der Waals surface area (Å²) in [5.41, 5.74) is 0. The zero-order valence-electron chi connectivity index (χ0n) is 2.62. The van der Waals surface area contributed by atoms with Crippen molar-refractivity contribution in [3.05, 3.63) is 0 Å². The van der Waals surface area contributed by atoms with Crippen LogP contribution in [-0.2, 0) is 0 Å². The van der Waals surface area contributed by atoms with Gasteiger partial charge in [-0.15, -0.1) is 0 Å². The normalized spacial score (nSPS) is 10.5. The van der Waals surface area contributed by atoms with Crippen LogP contribution in [0.25, 0.3) is 0 Å². The molecule has 34 valence electrons. The Labute approximate surface area is 67.6 Å². The van der Waals surface area contributed by atoms with Gasteiger partial charge in [0.2, 0.25) is 0 Å². The minimum atomic E-state index is -0.331. The molecule has 0 unspecified atom stereocenters. The van der Waals surface area contributed by atoms with E-state index in [2.05, 4.69) is 59.8 Å². The molecule has 0 aliphatic heterocycles. The van der Waals surface area contributed by atoms with Gasteiger partial charge in [-0.3, -0.25) is 0 Å². The van der Waals surface area contributed by atoms with Crippen LogP contribution in [0.15, 0.2) is 0 Å². The molecule has 0 aromatic carbocycles. The maximum atomic E-state index is 4.52. The topological polar surface area (TPSA) is 0 Å². The first kappa shape index (κ1) is 7.72. The summed E-state index contributed by atoms with van der Waals surface area (Å²) in [5.74, 6) is 0. The number of rotatable bonds is 0. The van der Waals surface area contributed by atoms with E-state index >= 15 is 0 Å². The summed E-state index contributed by atoms with van der Waals surface area (Å²) in [6, 6.07) is 0. The van der Waals surface area contributed by atoms with Gasteiger partial charge in [-0.25, -0.2) is 0 Å². The molecule has 0 aliphatic rings. The fourth-order valence-corrected chi connectivity index (χ4v) is 0. The summed E-state index contributed by atoms with van der Waals surface area (Å²) in [6.07, 6.45) is 1.52. The van der Waals surface area contributed by atoms with Crippen LogP contribution < -0.4 is 0 Å². The Morgan fingerprint density at radius 3 is 1.50 bits per heavy atom. The van der Waals surface area contributed by atoms with Crippen LogP contribution in [-0.4, -0.2) is 8.20 Å². The SMILES string of the molecule is S=BC(Br)(Br)Br. The van der Waals surface area contributed by atoms with Gasteiger partial charge in [-0.1, -0.05) is 0 Å². The Morgan fingerprint density at radius 1 is 1.33 bits per heavy atom. The predicted octanol–water partition coefficient (Wildman–Crippen LogP) is 2.60. The van der Waals surface area contributed by atoms with Gasteiger partial charge in [0.15, 0.2) is 0 Å². The third kappa shape index (κ3) is 5.72. The quantitative estimate of drug-likeness (QED) is 0.489. The summed E-state index contributed by atoms with van der Waals surface area (Å²) in [7, 11) is 0. The molecule has 0 bridgehead atoms. The Hall–Kier alpha value is 1.72. The number of hydrogen-bond donors (Lipinski definition) is 0. The zero-order valence-corrected chi connectivity index (χ0v) is 8.19. The predicted molar refractivity (Wildman–Crippen MR) is 42.9 cm³/mol. The summed E-state index contributed by atoms with van der Waals surface area (Å²) >= 11 is 14.0. The molecule has 0 atom stereocenters. The van der Waals surface area contributed by atoms with Crippen molar-refractivity contribution in [2.24, 2.45) is 0 Å². The van der Waals surface area contributed by atoms with Crippen LogP contribution in [0.4, 0.5) is 0 Å². The molecule has 0 aliphatic carbocycles. The van der Waals surface area contributed by atoms with Crippen molar-refractivity contribution >= 4 is 66.0 Å². The van der Waals surface area contributed by atoms with Gasteiger partial charge in [0.05, 0.1) is 0 Å². The van der Waals surface area contributed by atoms with Gasteiger partial charge in [0.1, 0.15) is 0 Å². The standard InChI is InChI=1S/CBBr3S/c3-1(4,5)2-6. The second kappa shape index (κ2) is 2.90. The van der Waals surface area contributed by atoms with Gasteiger partial charge in [0, 0.05) is 0 Å². The second-order valence-electron chi connectivity index (χ2n) is 0.659. The van der Waals surface area contributed by atoms with Crippen molar-refractivity contribution in [2.45, 2.75) is 2.04 Å². The Balaban J connectivity index is 3.45. The molecule has 0 spiro atoms. The summed E-state index contributed by atoms with van der Waals surface area (Å²) in [5, 5.41) is 0. The van der Waals surface area contributed by atoms with Crippen molar-refractivity contribution < 1.29 is 0 Å². The van der Waals surface area contributed by atoms with E-state index in [1.807, 2.05) is 0 Å². The average Bonchev–Trinajstić information content (AvgIpc) is 1.35. The Morgan fingerprint density at radius 2 is 1.50 bits per heavy atom. The molecule has 0 fully saturated rings. The van der Waals surface area contributed by atoms with Crippen LogP contribution in [0, 0.1) is 0 Å². The van der Waals surface area contributed by atoms with Gasteiger partial charge >= 0.3 is 68.0 Å². The number of halogens is 3. The molecule has 0 rings (SSSR count). The van der Waals surface area contributed by atoms with Crippen molar-refractivity contribution in [2.75, 3.05) is 0 Å². The van der Waals surface area contributed by atoms with Crippen molar-refractivity contribution in [1.29, 1.82) is 0 Å². The molecule has 0 aromatic rings. The van der Waals surface area contributed by atoms with Gasteiger partial charge < -0.3 is 0 Å². The first-order chi connectivity index (χ1) is 2.56. The van der Waals surface area contributed by atoms with Crippen molar-refractivity contribution in [3.8, 4) is 0 Å². The molecule has 0 N–H and O–H groups in total. The fourth-order valence-electron chi connectivity index (χ4n) is 0. The molecule has 0 amide bonds. The summed E-state index contributed by atoms with van der Waals surface area (Å²) in [6.45, 7) is 0. The zero-order chi connectivity index (χ0) is 5.21. The number of hydrogen-bond acceptors (Lipinski definition) is 1. The van der Waals surface area contributed by atoms with Crippen LogP contribution in [0.1, 0.15) is 0 Å². The van der Waals surface area contributed by atoms with E-state index in [0.29, 0.717) is 0 Å². The molecule has 0 saturated heterocycles. The van der Waals surface area contributed by atoms with E-state index in [1.165, 1.54) is 6.15 Å². The molecule has 0 nitrogen and oxygen atoms in total. The van der Waals surface area contributed by atoms with E-state index in [0.717, 1.165) is 0 Å². The molecular formula is CBBr3S. The molecule has 6 heavy (non-hydrogen) atoms. The molecule has 0 aromatic heterocycles. The van der Waals surface area contributed by atoms with Gasteiger partial charge in [0.25, 0.3) is 0 Å². The van der Waals surface area contributed by atoms with E-state index in [-0.39, 0.29) is 2.04 Å². The molecule has 0 saturated carbocycles. The number of alkyl halides is 3. The first-order valence-electron chi connectivity index (χ1n) is 1.09. The minimum absolute atomic E-state index is 0.331. The van der Waals surface area contributed by atoms with Gasteiger partial charge in [-0.05, 0) is 0 Å². The summed E-state index contributed by atoms with van der Waals surface area (Å²) in [4.78, 5) is 0. The second-order valence-corrected chi connectivity index (χ2v) is 7.84. The molecule has 0 heterocycles. The first-order valence-corrected chi connectivity index (χ1v) is 3.94. The monoisotopic (exact) mass is 292 g/mol. The van der Waals surface area contributed by atoms with Crippen molar-refractivity contribution in [1.82, 2.24) is 0 Å². The Kier molecular flexibility index (Phi) is 3.73. The molecule has 0 radical (unpaired) electrons. The van der Waals surface area contributed by atoms with Gasteiger partial charge in [-0.2, -0.15) is 0 Å². The third-order valence-electron chi connectivity index (χ3n) is 0.134. The van der Waals surface area contributed by atoms with E-state index < -0.39 is 0 Å². The van der Waals surface area contributed by atoms with Crippen molar-refractivity contribution in [3.63, 3.8) is 0 Å². The summed E-state index contributed by atoms with van der Waals surface area (Å²) < 4.78 is -0.331. The van der Waals surface area contributed by atoms with Crippen LogP contribution >= 0.6 is 59.8 Å². The molecule has 5 heteroatoms. The van der Waals surface area contributed by atoms with E-state index in [4.69, 9.17) is 0 Å².